The first-order chi connectivity index (χ1) is 16.5. The number of ketones is 2. The standard InChI is InChI=1S/C26H30N2O6/c1-32-22-12-9-16(15-24(22)33-2)13-14-27-17-5-3-6-19(29)25(17)21(31)11-10-18-26-20(30)7-4-8-23(26)34-28-18/h9,12,15,31H,3-8,10-11,13-14H2,1-2H3/b25-21-,27-17?. The monoisotopic (exact) mass is 466 g/mol. The third kappa shape index (κ3) is 5.05. The molecule has 0 bridgehead atoms. The number of aryl methyl sites for hydroxylation is 2. The minimum Gasteiger partial charge on any atom is -0.511 e. The van der Waals surface area contributed by atoms with Crippen LogP contribution >= 0.6 is 0 Å². The van der Waals surface area contributed by atoms with Crippen LogP contribution in [0.25, 0.3) is 0 Å². The molecule has 1 fully saturated rings. The van der Waals surface area contributed by atoms with Crippen molar-refractivity contribution in [3.05, 3.63) is 52.1 Å². The molecule has 4 rings (SSSR count). The summed E-state index contributed by atoms with van der Waals surface area (Å²) in [6, 6.07) is 5.73. The number of methoxy groups -OCH3 is 2. The molecule has 2 aromatic rings. The van der Waals surface area contributed by atoms with Gasteiger partial charge in [0.1, 0.15) is 11.5 Å². The van der Waals surface area contributed by atoms with Crippen molar-refractivity contribution in [2.75, 3.05) is 20.8 Å². The molecule has 8 nitrogen and oxygen atoms in total. The van der Waals surface area contributed by atoms with Gasteiger partial charge in [-0.05, 0) is 43.4 Å². The van der Waals surface area contributed by atoms with E-state index < -0.39 is 0 Å². The van der Waals surface area contributed by atoms with Crippen molar-refractivity contribution in [1.29, 1.82) is 0 Å². The van der Waals surface area contributed by atoms with Crippen LogP contribution in [-0.4, -0.2) is 48.3 Å². The van der Waals surface area contributed by atoms with Gasteiger partial charge in [0, 0.05) is 44.4 Å². The second kappa shape index (κ2) is 10.7. The van der Waals surface area contributed by atoms with Crippen LogP contribution in [0.1, 0.15) is 65.9 Å². The summed E-state index contributed by atoms with van der Waals surface area (Å²) < 4.78 is 16.0. The SMILES string of the molecule is COc1ccc(CCN=C2CCCC(=O)/C2=C(\O)CCc2noc3c2C(=O)CCC3)cc1OC. The molecule has 1 heterocycles. The van der Waals surface area contributed by atoms with E-state index in [1.807, 2.05) is 18.2 Å². The number of aliphatic imine (C=N–C) groups is 1. The number of carbonyl (C=O) groups is 2. The summed E-state index contributed by atoms with van der Waals surface area (Å²) in [5, 5.41) is 14.9. The molecule has 0 amide bonds. The number of aromatic nitrogens is 1. The zero-order chi connectivity index (χ0) is 24.1. The second-order valence-electron chi connectivity index (χ2n) is 8.57. The maximum absolute atomic E-state index is 12.7. The topological polar surface area (TPSA) is 111 Å². The van der Waals surface area contributed by atoms with E-state index in [0.29, 0.717) is 84.9 Å². The lowest BCUT2D eigenvalue weighted by atomic mass is 9.88. The minimum absolute atomic E-state index is 0.00887. The van der Waals surface area contributed by atoms with Crippen molar-refractivity contribution in [3.63, 3.8) is 0 Å². The molecule has 180 valence electrons. The van der Waals surface area contributed by atoms with Crippen molar-refractivity contribution >= 4 is 17.3 Å². The molecule has 0 radical (unpaired) electrons. The number of fused-ring (bicyclic) bond motifs is 1. The maximum Gasteiger partial charge on any atom is 0.168 e. The number of allylic oxidation sites excluding steroid dienone is 2. The number of hydrogen-bond acceptors (Lipinski definition) is 8. The van der Waals surface area contributed by atoms with Gasteiger partial charge in [0.2, 0.25) is 0 Å². The summed E-state index contributed by atoms with van der Waals surface area (Å²) >= 11 is 0. The summed E-state index contributed by atoms with van der Waals surface area (Å²) in [6.07, 6.45) is 4.94. The molecule has 2 aliphatic carbocycles. The van der Waals surface area contributed by atoms with Crippen molar-refractivity contribution in [2.24, 2.45) is 4.99 Å². The van der Waals surface area contributed by atoms with Crippen LogP contribution in [-0.2, 0) is 24.1 Å². The van der Waals surface area contributed by atoms with Crippen LogP contribution in [0.15, 0.2) is 39.0 Å². The van der Waals surface area contributed by atoms with Crippen LogP contribution in [0.4, 0.5) is 0 Å². The number of nitrogens with zero attached hydrogens (tertiary/aromatic N) is 2. The average Bonchev–Trinajstić information content (AvgIpc) is 3.27. The number of aliphatic hydroxyl groups is 1. The van der Waals surface area contributed by atoms with E-state index in [1.165, 1.54) is 0 Å². The highest BCUT2D eigenvalue weighted by Gasteiger charge is 2.28. The Morgan fingerprint density at radius 3 is 2.59 bits per heavy atom. The summed E-state index contributed by atoms with van der Waals surface area (Å²) in [5.41, 5.74) is 3.12. The molecule has 0 unspecified atom stereocenters. The van der Waals surface area contributed by atoms with Crippen LogP contribution in [0.2, 0.25) is 0 Å². The summed E-state index contributed by atoms with van der Waals surface area (Å²) in [4.78, 5) is 29.6. The normalized spacial score (nSPS) is 18.7. The van der Waals surface area contributed by atoms with Gasteiger partial charge in [0.15, 0.2) is 23.1 Å². The van der Waals surface area contributed by atoms with E-state index in [9.17, 15) is 14.7 Å². The first-order valence-corrected chi connectivity index (χ1v) is 11.7. The number of aliphatic hydroxyl groups excluding tert-OH is 1. The summed E-state index contributed by atoms with van der Waals surface area (Å²) in [7, 11) is 3.19. The molecule has 34 heavy (non-hydrogen) atoms. The lowest BCUT2D eigenvalue weighted by Gasteiger charge is -2.18. The van der Waals surface area contributed by atoms with E-state index in [4.69, 9.17) is 14.0 Å². The molecule has 1 aromatic carbocycles. The molecule has 0 saturated heterocycles. The number of Topliss-reactive ketones (excluding diaryl/α,β-unsaturated/α-hetero) is 2. The number of hydrogen-bond donors (Lipinski definition) is 1. The van der Waals surface area contributed by atoms with Gasteiger partial charge in [0.25, 0.3) is 0 Å². The van der Waals surface area contributed by atoms with Gasteiger partial charge < -0.3 is 19.1 Å². The Labute approximate surface area is 198 Å². The third-order valence-electron chi connectivity index (χ3n) is 6.34. The number of rotatable bonds is 8. The minimum atomic E-state index is -0.0909. The van der Waals surface area contributed by atoms with E-state index in [1.54, 1.807) is 14.2 Å². The fourth-order valence-electron chi connectivity index (χ4n) is 4.59. The van der Waals surface area contributed by atoms with E-state index in [-0.39, 0.29) is 23.7 Å². The number of ether oxygens (including phenoxy) is 2. The quantitative estimate of drug-likeness (QED) is 0.454. The smallest absolute Gasteiger partial charge is 0.168 e. The van der Waals surface area contributed by atoms with Gasteiger partial charge >= 0.3 is 0 Å². The molecule has 0 aliphatic heterocycles. The molecule has 8 heteroatoms. The van der Waals surface area contributed by atoms with Crippen LogP contribution < -0.4 is 9.47 Å². The molecule has 0 atom stereocenters. The van der Waals surface area contributed by atoms with Crippen LogP contribution in [0.3, 0.4) is 0 Å². The van der Waals surface area contributed by atoms with Gasteiger partial charge in [-0.25, -0.2) is 0 Å². The molecule has 2 aliphatic rings. The largest absolute Gasteiger partial charge is 0.511 e. The predicted octanol–water partition coefficient (Wildman–Crippen LogP) is 4.39. The fourth-order valence-corrected chi connectivity index (χ4v) is 4.59. The zero-order valence-corrected chi connectivity index (χ0v) is 19.7. The molecular formula is C26H30N2O6. The summed E-state index contributed by atoms with van der Waals surface area (Å²) in [5.74, 6) is 1.91. The highest BCUT2D eigenvalue weighted by Crippen LogP contribution is 2.29. The van der Waals surface area contributed by atoms with E-state index in [2.05, 4.69) is 10.1 Å². The summed E-state index contributed by atoms with van der Waals surface area (Å²) in [6.45, 7) is 0.486. The Morgan fingerprint density at radius 2 is 1.79 bits per heavy atom. The van der Waals surface area contributed by atoms with Crippen molar-refractivity contribution < 1.29 is 28.7 Å². The van der Waals surface area contributed by atoms with Gasteiger partial charge in [0.05, 0.1) is 31.1 Å². The Kier molecular flexibility index (Phi) is 7.45. The molecule has 0 spiro atoms. The van der Waals surface area contributed by atoms with Gasteiger partial charge in [-0.1, -0.05) is 11.2 Å². The molecule has 1 saturated carbocycles. The second-order valence-corrected chi connectivity index (χ2v) is 8.57. The predicted molar refractivity (Wildman–Crippen MR) is 126 cm³/mol. The van der Waals surface area contributed by atoms with Gasteiger partial charge in [-0.3, -0.25) is 14.6 Å². The molecule has 1 aromatic heterocycles. The van der Waals surface area contributed by atoms with Crippen LogP contribution in [0, 0.1) is 0 Å². The van der Waals surface area contributed by atoms with Gasteiger partial charge in [-0.2, -0.15) is 0 Å². The maximum atomic E-state index is 12.7. The first kappa shape index (κ1) is 23.7. The number of carbonyl (C=O) groups excluding carboxylic acids is 2. The van der Waals surface area contributed by atoms with Crippen molar-refractivity contribution in [1.82, 2.24) is 5.16 Å². The fraction of sp³-hybridized carbons (Fsp3) is 0.462. The number of benzene rings is 1. The van der Waals surface area contributed by atoms with Crippen molar-refractivity contribution in [3.8, 4) is 11.5 Å². The third-order valence-corrected chi connectivity index (χ3v) is 6.34. The van der Waals surface area contributed by atoms with E-state index >= 15 is 0 Å². The average molecular weight is 467 g/mol. The lowest BCUT2D eigenvalue weighted by molar-refractivity contribution is -0.115. The zero-order valence-electron chi connectivity index (χ0n) is 19.7. The Hall–Kier alpha value is -3.42. The molecular weight excluding hydrogens is 436 g/mol. The van der Waals surface area contributed by atoms with Crippen LogP contribution in [0.5, 0.6) is 11.5 Å². The van der Waals surface area contributed by atoms with E-state index in [0.717, 1.165) is 18.4 Å². The highest BCUT2D eigenvalue weighted by atomic mass is 16.5. The van der Waals surface area contributed by atoms with Crippen molar-refractivity contribution in [2.45, 2.75) is 57.8 Å². The highest BCUT2D eigenvalue weighted by molar-refractivity contribution is 6.24. The Bertz CT molecular complexity index is 1140. The molecule has 1 N–H and O–H groups in total. The Balaban J connectivity index is 1.47. The van der Waals surface area contributed by atoms with Gasteiger partial charge in [-0.15, -0.1) is 0 Å². The lowest BCUT2D eigenvalue weighted by Crippen LogP contribution is -2.22. The first-order valence-electron chi connectivity index (χ1n) is 11.7. The Morgan fingerprint density at radius 1 is 1.03 bits per heavy atom.